The molecule has 3 aromatic rings. The van der Waals surface area contributed by atoms with Crippen molar-refractivity contribution in [2.75, 3.05) is 6.61 Å². The Bertz CT molecular complexity index is 1190. The third-order valence-electron chi connectivity index (χ3n) is 3.96. The molecule has 0 aromatic heterocycles. The number of rotatable bonds is 4. The molecule has 0 aliphatic rings. The molecule has 0 atom stereocenters. The molecule has 3 N–H and O–H groups in total. The second-order valence-corrected chi connectivity index (χ2v) is 9.07. The van der Waals surface area contributed by atoms with Crippen LogP contribution in [0, 0.1) is 0 Å². The van der Waals surface area contributed by atoms with Gasteiger partial charge in [-0.25, -0.2) is 0 Å². The summed E-state index contributed by atoms with van der Waals surface area (Å²) >= 11 is 23.7. The molecule has 0 aliphatic carbocycles. The molecular weight excluding hydrogens is 593 g/mol. The van der Waals surface area contributed by atoms with Crippen LogP contribution in [0.3, 0.4) is 0 Å². The van der Waals surface area contributed by atoms with E-state index in [0.717, 1.165) is 19.7 Å². The predicted octanol–water partition coefficient (Wildman–Crippen LogP) is 5.39. The van der Waals surface area contributed by atoms with E-state index in [2.05, 4.69) is 48.0 Å². The van der Waals surface area contributed by atoms with Crippen molar-refractivity contribution in [2.45, 2.75) is 0 Å². The van der Waals surface area contributed by atoms with Crippen molar-refractivity contribution < 1.29 is 14.3 Å². The minimum Gasteiger partial charge on any atom is -0.483 e. The fourth-order valence-corrected chi connectivity index (χ4v) is 4.16. The van der Waals surface area contributed by atoms with Crippen molar-refractivity contribution in [3.05, 3.63) is 73.1 Å². The van der Waals surface area contributed by atoms with Crippen LogP contribution in [0.15, 0.2) is 57.5 Å². The van der Waals surface area contributed by atoms with Gasteiger partial charge in [0, 0.05) is 9.50 Å². The molecule has 160 valence electrons. The zero-order chi connectivity index (χ0) is 22.5. The first-order valence-corrected chi connectivity index (χ1v) is 11.4. The van der Waals surface area contributed by atoms with E-state index >= 15 is 0 Å². The molecule has 0 bridgehead atoms. The summed E-state index contributed by atoms with van der Waals surface area (Å²) in [5.41, 5.74) is 4.98. The maximum absolute atomic E-state index is 12.2. The second-order valence-electron chi connectivity index (χ2n) is 6.11. The van der Waals surface area contributed by atoms with Crippen LogP contribution in [-0.2, 0) is 4.79 Å². The minimum absolute atomic E-state index is 0.109. The van der Waals surface area contributed by atoms with Gasteiger partial charge in [0.15, 0.2) is 11.7 Å². The smallest absolute Gasteiger partial charge is 0.276 e. The third-order valence-corrected chi connectivity index (χ3v) is 6.02. The van der Waals surface area contributed by atoms with E-state index in [9.17, 15) is 9.59 Å². The van der Waals surface area contributed by atoms with E-state index in [4.69, 9.17) is 40.2 Å². The van der Waals surface area contributed by atoms with Crippen LogP contribution >= 0.6 is 67.3 Å². The summed E-state index contributed by atoms with van der Waals surface area (Å²) in [5.74, 6) is -0.529. The Kier molecular flexibility index (Phi) is 8.12. The number of halogens is 4. The van der Waals surface area contributed by atoms with Crippen molar-refractivity contribution in [3.63, 3.8) is 0 Å². The van der Waals surface area contributed by atoms with Gasteiger partial charge in [0.25, 0.3) is 11.8 Å². The average Bonchev–Trinajstić information content (AvgIpc) is 2.71. The van der Waals surface area contributed by atoms with E-state index in [1.165, 1.54) is 18.2 Å². The van der Waals surface area contributed by atoms with Gasteiger partial charge in [0.1, 0.15) is 5.75 Å². The standard InChI is InChI=1S/C20H13Br2Cl2N3O3S/c21-11-2-4-13-10(7-11)1-6-16(18(13)22)30-9-17(28)26-27-20(31)25-19(29)14-5-3-12(23)8-15(14)24/h1-8H,9H2,(H,26,28)(H2,25,27,29,31). The number of hydrogen-bond acceptors (Lipinski definition) is 4. The summed E-state index contributed by atoms with van der Waals surface area (Å²) < 4.78 is 7.28. The lowest BCUT2D eigenvalue weighted by molar-refractivity contribution is -0.123. The molecule has 31 heavy (non-hydrogen) atoms. The Morgan fingerprint density at radius 1 is 1.00 bits per heavy atom. The molecular formula is C20H13Br2Cl2N3O3S. The van der Waals surface area contributed by atoms with Crippen LogP contribution in [0.25, 0.3) is 10.8 Å². The molecule has 0 saturated carbocycles. The number of ether oxygens (including phenoxy) is 1. The normalized spacial score (nSPS) is 10.5. The summed E-state index contributed by atoms with van der Waals surface area (Å²) in [4.78, 5) is 24.3. The number of carbonyl (C=O) groups excluding carboxylic acids is 2. The maximum Gasteiger partial charge on any atom is 0.276 e. The fourth-order valence-electron chi connectivity index (χ4n) is 2.54. The minimum atomic E-state index is -0.545. The highest BCUT2D eigenvalue weighted by molar-refractivity contribution is 9.11. The summed E-state index contributed by atoms with van der Waals surface area (Å²) in [6.45, 7) is -0.271. The van der Waals surface area contributed by atoms with Gasteiger partial charge in [-0.2, -0.15) is 0 Å². The van der Waals surface area contributed by atoms with Crippen molar-refractivity contribution in [1.29, 1.82) is 0 Å². The van der Waals surface area contributed by atoms with Crippen molar-refractivity contribution in [3.8, 4) is 5.75 Å². The SMILES string of the molecule is O=C(COc1ccc2cc(Br)ccc2c1Br)NNC(=S)NC(=O)c1ccc(Cl)cc1Cl. The zero-order valence-corrected chi connectivity index (χ0v) is 21.0. The number of amides is 2. The number of hydrogen-bond donors (Lipinski definition) is 3. The lowest BCUT2D eigenvalue weighted by Crippen LogP contribution is -2.49. The van der Waals surface area contributed by atoms with Crippen LogP contribution in [0.5, 0.6) is 5.75 Å². The first-order valence-electron chi connectivity index (χ1n) is 8.60. The molecule has 0 spiro atoms. The topological polar surface area (TPSA) is 79.5 Å². The molecule has 0 saturated heterocycles. The second kappa shape index (κ2) is 10.6. The Hall–Kier alpha value is -1.91. The van der Waals surface area contributed by atoms with E-state index in [1.54, 1.807) is 6.07 Å². The number of nitrogens with one attached hydrogen (secondary N) is 3. The van der Waals surface area contributed by atoms with Crippen LogP contribution in [-0.4, -0.2) is 23.5 Å². The molecule has 3 rings (SSSR count). The Balaban J connectivity index is 1.50. The van der Waals surface area contributed by atoms with Crippen molar-refractivity contribution in [1.82, 2.24) is 16.2 Å². The first-order chi connectivity index (χ1) is 14.7. The molecule has 6 nitrogen and oxygen atoms in total. The van der Waals surface area contributed by atoms with Gasteiger partial charge >= 0.3 is 0 Å². The first kappa shape index (κ1) is 23.7. The maximum atomic E-state index is 12.2. The summed E-state index contributed by atoms with van der Waals surface area (Å²) in [5, 5.41) is 4.84. The van der Waals surface area contributed by atoms with E-state index in [1.807, 2.05) is 24.3 Å². The number of carbonyl (C=O) groups is 2. The monoisotopic (exact) mass is 603 g/mol. The highest BCUT2D eigenvalue weighted by Gasteiger charge is 2.13. The van der Waals surface area contributed by atoms with Gasteiger partial charge in [0.05, 0.1) is 15.1 Å². The third kappa shape index (κ3) is 6.30. The number of hydrazine groups is 1. The van der Waals surface area contributed by atoms with Crippen molar-refractivity contribution in [2.24, 2.45) is 0 Å². The van der Waals surface area contributed by atoms with Gasteiger partial charge in [-0.1, -0.05) is 51.3 Å². The number of benzene rings is 3. The van der Waals surface area contributed by atoms with Crippen LogP contribution < -0.4 is 20.9 Å². The summed E-state index contributed by atoms with van der Waals surface area (Å²) in [6, 6.07) is 13.9. The molecule has 11 heteroatoms. The Morgan fingerprint density at radius 2 is 1.77 bits per heavy atom. The number of thiocarbonyl (C=S) groups is 1. The van der Waals surface area contributed by atoms with Gasteiger partial charge < -0.3 is 4.74 Å². The van der Waals surface area contributed by atoms with E-state index in [-0.39, 0.29) is 22.3 Å². The number of fused-ring (bicyclic) bond motifs is 1. The molecule has 2 amide bonds. The molecule has 0 aliphatic heterocycles. The van der Waals surface area contributed by atoms with Crippen LogP contribution in [0.4, 0.5) is 0 Å². The quantitative estimate of drug-likeness (QED) is 0.275. The van der Waals surface area contributed by atoms with Gasteiger partial charge in [-0.3, -0.25) is 25.8 Å². The van der Waals surface area contributed by atoms with Gasteiger partial charge in [0.2, 0.25) is 0 Å². The Labute approximate surface area is 209 Å². The van der Waals surface area contributed by atoms with Crippen LogP contribution in [0.1, 0.15) is 10.4 Å². The molecule has 0 fully saturated rings. The lowest BCUT2D eigenvalue weighted by atomic mass is 10.1. The summed E-state index contributed by atoms with van der Waals surface area (Å²) in [7, 11) is 0. The fraction of sp³-hybridized carbons (Fsp3) is 0.0500. The molecule has 0 unspecified atom stereocenters. The van der Waals surface area contributed by atoms with E-state index in [0.29, 0.717) is 10.8 Å². The van der Waals surface area contributed by atoms with Crippen molar-refractivity contribution >= 4 is 95.0 Å². The lowest BCUT2D eigenvalue weighted by Gasteiger charge is -2.13. The van der Waals surface area contributed by atoms with E-state index < -0.39 is 11.8 Å². The highest BCUT2D eigenvalue weighted by atomic mass is 79.9. The predicted molar refractivity (Wildman–Crippen MR) is 133 cm³/mol. The summed E-state index contributed by atoms with van der Waals surface area (Å²) in [6.07, 6.45) is 0. The average molecular weight is 606 g/mol. The van der Waals surface area contributed by atoms with Crippen LogP contribution in [0.2, 0.25) is 10.0 Å². The Morgan fingerprint density at radius 3 is 2.52 bits per heavy atom. The molecule has 0 radical (unpaired) electrons. The highest BCUT2D eigenvalue weighted by Crippen LogP contribution is 2.34. The molecule has 0 heterocycles. The molecule has 3 aromatic carbocycles. The van der Waals surface area contributed by atoms with Gasteiger partial charge in [-0.05, 0) is 75.3 Å². The van der Waals surface area contributed by atoms with Gasteiger partial charge in [-0.15, -0.1) is 0 Å². The zero-order valence-electron chi connectivity index (χ0n) is 15.5. The largest absolute Gasteiger partial charge is 0.483 e.